The number of nitrogens with two attached hydrogens (primary N) is 1. The Morgan fingerprint density at radius 3 is 2.49 bits per heavy atom. The summed E-state index contributed by atoms with van der Waals surface area (Å²) in [6.45, 7) is 9.35. The number of likely N-dealkylation sites (tertiary alicyclic amines) is 1. The lowest BCUT2D eigenvalue weighted by atomic mass is 9.91. The van der Waals surface area contributed by atoms with Crippen molar-refractivity contribution >= 4 is 29.1 Å². The SMILES string of the molecule is CCCCN(C(=O)CN)[C@@H](C[C@@H](C)CC)[C@@H](CC(=O)N1CCC[C@H]1[C@H](OC)[C@@H](C)C(=O)N[C@@H](Cc1ccccc1)c1nccs1)OC. The standard InChI is InChI=1S/C36H57N5O5S/c1-7-9-18-41(33(43)24-37)30(21-25(3)8-2)31(45-5)23-32(42)40-19-13-16-29(40)34(46-6)26(4)35(44)39-28(36-38-17-20-47-36)22-27-14-11-10-12-15-27/h10-12,14-15,17,20,25-26,28-31,34H,7-9,13,16,18-19,21-24,37H2,1-6H3,(H,39,44)/t25-,26+,28-,29-,30-,31+,34+/m0/s1. The van der Waals surface area contributed by atoms with Crippen molar-refractivity contribution in [2.45, 2.75) is 109 Å². The number of thiazole rings is 1. The first-order valence-corrected chi connectivity index (χ1v) is 18.1. The molecule has 47 heavy (non-hydrogen) atoms. The van der Waals surface area contributed by atoms with E-state index in [1.807, 2.05) is 52.4 Å². The summed E-state index contributed by atoms with van der Waals surface area (Å²) in [6.07, 6.45) is 6.57. The molecule has 1 aromatic heterocycles. The molecule has 1 saturated heterocycles. The minimum Gasteiger partial charge on any atom is -0.379 e. The fourth-order valence-electron chi connectivity index (χ4n) is 6.69. The molecule has 1 aromatic carbocycles. The number of methoxy groups -OCH3 is 2. The third-order valence-electron chi connectivity index (χ3n) is 9.62. The Morgan fingerprint density at radius 1 is 1.15 bits per heavy atom. The van der Waals surface area contributed by atoms with Gasteiger partial charge in [0.05, 0.1) is 49.2 Å². The molecule has 3 amide bonds. The van der Waals surface area contributed by atoms with Gasteiger partial charge in [0.2, 0.25) is 17.7 Å². The maximum absolute atomic E-state index is 14.1. The van der Waals surface area contributed by atoms with Gasteiger partial charge in [-0.1, -0.05) is 70.9 Å². The number of nitrogens with one attached hydrogen (secondary N) is 1. The van der Waals surface area contributed by atoms with E-state index in [0.29, 0.717) is 25.4 Å². The van der Waals surface area contributed by atoms with Crippen LogP contribution in [0.3, 0.4) is 0 Å². The van der Waals surface area contributed by atoms with E-state index in [1.165, 1.54) is 11.3 Å². The lowest BCUT2D eigenvalue weighted by Crippen LogP contribution is -2.53. The van der Waals surface area contributed by atoms with Crippen LogP contribution in [0.2, 0.25) is 0 Å². The fourth-order valence-corrected chi connectivity index (χ4v) is 7.38. The van der Waals surface area contributed by atoms with Crippen LogP contribution in [-0.2, 0) is 30.3 Å². The summed E-state index contributed by atoms with van der Waals surface area (Å²) in [5, 5.41) is 6.00. The molecule has 0 saturated carbocycles. The molecule has 262 valence electrons. The summed E-state index contributed by atoms with van der Waals surface area (Å²) in [7, 11) is 3.23. The van der Waals surface area contributed by atoms with Crippen LogP contribution in [0.5, 0.6) is 0 Å². The first-order chi connectivity index (χ1) is 22.7. The van der Waals surface area contributed by atoms with Gasteiger partial charge in [0, 0.05) is 38.9 Å². The molecule has 0 bridgehead atoms. The van der Waals surface area contributed by atoms with Gasteiger partial charge in [-0.2, -0.15) is 0 Å². The van der Waals surface area contributed by atoms with Crippen LogP contribution >= 0.6 is 11.3 Å². The fraction of sp³-hybridized carbons (Fsp3) is 0.667. The maximum atomic E-state index is 14.1. The zero-order chi connectivity index (χ0) is 34.3. The van der Waals surface area contributed by atoms with E-state index in [0.717, 1.165) is 49.1 Å². The lowest BCUT2D eigenvalue weighted by Gasteiger charge is -2.39. The molecule has 3 N–H and O–H groups in total. The van der Waals surface area contributed by atoms with Crippen molar-refractivity contribution in [2.24, 2.45) is 17.6 Å². The van der Waals surface area contributed by atoms with Crippen molar-refractivity contribution in [1.82, 2.24) is 20.1 Å². The molecule has 1 aliphatic rings. The molecule has 2 aromatic rings. The molecule has 2 heterocycles. The Balaban J connectivity index is 1.77. The smallest absolute Gasteiger partial charge is 0.236 e. The van der Waals surface area contributed by atoms with E-state index in [-0.39, 0.29) is 48.8 Å². The molecule has 1 aliphatic heterocycles. The summed E-state index contributed by atoms with van der Waals surface area (Å²) in [5.74, 6) is -0.483. The van der Waals surface area contributed by atoms with Crippen molar-refractivity contribution in [2.75, 3.05) is 33.9 Å². The van der Waals surface area contributed by atoms with Crippen molar-refractivity contribution in [3.63, 3.8) is 0 Å². The van der Waals surface area contributed by atoms with Crippen LogP contribution < -0.4 is 11.1 Å². The molecule has 7 atom stereocenters. The predicted octanol–water partition coefficient (Wildman–Crippen LogP) is 4.98. The van der Waals surface area contributed by atoms with E-state index >= 15 is 0 Å². The van der Waals surface area contributed by atoms with Crippen molar-refractivity contribution in [3.8, 4) is 0 Å². The largest absolute Gasteiger partial charge is 0.379 e. The number of rotatable bonds is 20. The summed E-state index contributed by atoms with van der Waals surface area (Å²) < 4.78 is 12.0. The van der Waals surface area contributed by atoms with E-state index in [2.05, 4.69) is 31.1 Å². The van der Waals surface area contributed by atoms with E-state index in [1.54, 1.807) is 20.4 Å². The Hall–Kier alpha value is -2.86. The van der Waals surface area contributed by atoms with Crippen molar-refractivity contribution in [3.05, 3.63) is 52.5 Å². The van der Waals surface area contributed by atoms with Gasteiger partial charge in [0.15, 0.2) is 0 Å². The zero-order valence-electron chi connectivity index (χ0n) is 29.2. The summed E-state index contributed by atoms with van der Waals surface area (Å²) in [4.78, 5) is 49.1. The van der Waals surface area contributed by atoms with Gasteiger partial charge in [-0.3, -0.25) is 14.4 Å². The van der Waals surface area contributed by atoms with Crippen LogP contribution in [0.4, 0.5) is 0 Å². The van der Waals surface area contributed by atoms with Crippen molar-refractivity contribution < 1.29 is 23.9 Å². The van der Waals surface area contributed by atoms with Crippen LogP contribution in [0, 0.1) is 11.8 Å². The van der Waals surface area contributed by atoms with Gasteiger partial charge < -0.3 is 30.3 Å². The second-order valence-electron chi connectivity index (χ2n) is 12.8. The molecule has 0 spiro atoms. The van der Waals surface area contributed by atoms with Gasteiger partial charge in [-0.15, -0.1) is 11.3 Å². The van der Waals surface area contributed by atoms with Crippen LogP contribution in [0.25, 0.3) is 0 Å². The topological polar surface area (TPSA) is 127 Å². The number of unbranched alkanes of at least 4 members (excludes halogenated alkanes) is 1. The van der Waals surface area contributed by atoms with Gasteiger partial charge >= 0.3 is 0 Å². The molecular weight excluding hydrogens is 614 g/mol. The molecule has 0 aliphatic carbocycles. The van der Waals surface area contributed by atoms with Gasteiger partial charge in [-0.05, 0) is 43.6 Å². The predicted molar refractivity (Wildman–Crippen MR) is 187 cm³/mol. The Labute approximate surface area is 285 Å². The van der Waals surface area contributed by atoms with Crippen LogP contribution in [0.15, 0.2) is 41.9 Å². The number of benzene rings is 1. The monoisotopic (exact) mass is 671 g/mol. The Kier molecular flexibility index (Phi) is 16.3. The van der Waals surface area contributed by atoms with Crippen LogP contribution in [-0.4, -0.2) is 90.7 Å². The Morgan fingerprint density at radius 2 is 1.89 bits per heavy atom. The highest BCUT2D eigenvalue weighted by atomic mass is 32.1. The van der Waals surface area contributed by atoms with E-state index < -0.39 is 18.1 Å². The van der Waals surface area contributed by atoms with Gasteiger partial charge in [-0.25, -0.2) is 4.98 Å². The number of nitrogens with zero attached hydrogens (tertiary/aromatic N) is 3. The molecule has 11 heteroatoms. The summed E-state index contributed by atoms with van der Waals surface area (Å²) >= 11 is 1.52. The highest BCUT2D eigenvalue weighted by Gasteiger charge is 2.42. The average molecular weight is 672 g/mol. The summed E-state index contributed by atoms with van der Waals surface area (Å²) in [6, 6.07) is 9.26. The summed E-state index contributed by atoms with van der Waals surface area (Å²) in [5.41, 5.74) is 6.96. The molecule has 0 unspecified atom stereocenters. The molecule has 1 fully saturated rings. The molecule has 0 radical (unpaired) electrons. The lowest BCUT2D eigenvalue weighted by molar-refractivity contribution is -0.145. The van der Waals surface area contributed by atoms with E-state index in [9.17, 15) is 14.4 Å². The number of carbonyl (C=O) groups is 3. The minimum absolute atomic E-state index is 0.0523. The molecular formula is C36H57N5O5S. The van der Waals surface area contributed by atoms with Crippen LogP contribution in [0.1, 0.15) is 89.3 Å². The van der Waals surface area contributed by atoms with Crippen molar-refractivity contribution in [1.29, 1.82) is 0 Å². The maximum Gasteiger partial charge on any atom is 0.236 e. The number of amides is 3. The van der Waals surface area contributed by atoms with Gasteiger partial charge in [0.25, 0.3) is 0 Å². The number of carbonyl (C=O) groups excluding carboxylic acids is 3. The quantitative estimate of drug-likeness (QED) is 0.203. The highest BCUT2D eigenvalue weighted by Crippen LogP contribution is 2.30. The molecule has 10 nitrogen and oxygen atoms in total. The minimum atomic E-state index is -0.514. The average Bonchev–Trinajstić information content (AvgIpc) is 3.80. The van der Waals surface area contributed by atoms with Gasteiger partial charge in [0.1, 0.15) is 5.01 Å². The second kappa shape index (κ2) is 19.8. The Bertz CT molecular complexity index is 1220. The number of hydrogen-bond acceptors (Lipinski definition) is 8. The highest BCUT2D eigenvalue weighted by molar-refractivity contribution is 7.09. The second-order valence-corrected chi connectivity index (χ2v) is 13.8. The zero-order valence-corrected chi connectivity index (χ0v) is 30.0. The first kappa shape index (κ1) is 38.6. The third kappa shape index (κ3) is 10.8. The molecule has 3 rings (SSSR count). The third-order valence-corrected chi connectivity index (χ3v) is 10.5. The number of aromatic nitrogens is 1. The number of hydrogen-bond donors (Lipinski definition) is 2. The normalized spacial score (nSPS) is 18.6. The number of ether oxygens (including phenoxy) is 2. The van der Waals surface area contributed by atoms with E-state index in [4.69, 9.17) is 15.2 Å². The first-order valence-electron chi connectivity index (χ1n) is 17.3.